The predicted molar refractivity (Wildman–Crippen MR) is 154 cm³/mol. The van der Waals surface area contributed by atoms with Gasteiger partial charge in [0.15, 0.2) is 0 Å². The van der Waals surface area contributed by atoms with Crippen molar-refractivity contribution in [2.75, 3.05) is 43.0 Å². The molecule has 3 fully saturated rings. The third-order valence-electron chi connectivity index (χ3n) is 8.22. The summed E-state index contributed by atoms with van der Waals surface area (Å²) in [5.74, 6) is 0.721. The van der Waals surface area contributed by atoms with Gasteiger partial charge in [0, 0.05) is 49.8 Å². The maximum atomic E-state index is 13.0. The molecule has 2 saturated heterocycles. The minimum absolute atomic E-state index is 0.0210. The number of H-pyrrole nitrogens is 1. The topological polar surface area (TPSA) is 125 Å². The molecule has 1 spiro atoms. The summed E-state index contributed by atoms with van der Waals surface area (Å²) in [5.41, 5.74) is 11.1. The molecular formula is C30H34N8O2. The van der Waals surface area contributed by atoms with Gasteiger partial charge >= 0.3 is 0 Å². The number of anilines is 2. The molecule has 0 radical (unpaired) electrons. The number of piperidine rings is 1. The Morgan fingerprint density at radius 3 is 2.83 bits per heavy atom. The predicted octanol–water partition coefficient (Wildman–Crippen LogP) is 3.56. The van der Waals surface area contributed by atoms with Gasteiger partial charge in [-0.25, -0.2) is 9.97 Å². The van der Waals surface area contributed by atoms with Crippen LogP contribution in [0.2, 0.25) is 0 Å². The molecule has 5 heterocycles. The molecule has 7 rings (SSSR count). The molecule has 10 heteroatoms. The number of aromatic amines is 1. The zero-order chi connectivity index (χ0) is 27.1. The van der Waals surface area contributed by atoms with Gasteiger partial charge in [0.1, 0.15) is 23.5 Å². The van der Waals surface area contributed by atoms with Gasteiger partial charge in [0.2, 0.25) is 0 Å². The van der Waals surface area contributed by atoms with E-state index in [1.54, 1.807) is 12.5 Å². The number of morpholine rings is 1. The van der Waals surface area contributed by atoms with Crippen molar-refractivity contribution < 1.29 is 9.53 Å². The van der Waals surface area contributed by atoms with E-state index in [9.17, 15) is 4.79 Å². The number of nitrogens with zero attached hydrogens (tertiary/aromatic N) is 5. The number of likely N-dealkylation sites (tertiary alicyclic amines) is 1. The number of carbonyl (C=O) groups excluding carboxylic acids is 1. The first-order valence-corrected chi connectivity index (χ1v) is 14.1. The second-order valence-corrected chi connectivity index (χ2v) is 11.3. The first-order valence-electron chi connectivity index (χ1n) is 14.1. The maximum absolute atomic E-state index is 13.0. The molecule has 1 amide bonds. The van der Waals surface area contributed by atoms with Crippen molar-refractivity contribution in [3.63, 3.8) is 0 Å². The number of hydrogen-bond acceptors (Lipinski definition) is 8. The Balaban J connectivity index is 1.04. The Labute approximate surface area is 233 Å². The van der Waals surface area contributed by atoms with Crippen LogP contribution in [0.25, 0.3) is 22.3 Å². The van der Waals surface area contributed by atoms with E-state index in [0.717, 1.165) is 98.7 Å². The quantitative estimate of drug-likeness (QED) is 0.340. The minimum atomic E-state index is -0.227. The molecule has 1 atom stereocenters. The summed E-state index contributed by atoms with van der Waals surface area (Å²) in [6.45, 7) is 5.11. The van der Waals surface area contributed by atoms with Gasteiger partial charge in [0.05, 0.1) is 17.6 Å². The van der Waals surface area contributed by atoms with E-state index in [1.807, 2.05) is 36.4 Å². The summed E-state index contributed by atoms with van der Waals surface area (Å²) >= 11 is 0. The second kappa shape index (κ2) is 10.3. The molecule has 10 nitrogen and oxygen atoms in total. The van der Waals surface area contributed by atoms with Crippen LogP contribution in [-0.2, 0) is 11.3 Å². The van der Waals surface area contributed by atoms with E-state index >= 15 is 0 Å². The van der Waals surface area contributed by atoms with E-state index in [2.05, 4.69) is 41.1 Å². The van der Waals surface area contributed by atoms with Gasteiger partial charge in [-0.1, -0.05) is 12.1 Å². The molecule has 2 aliphatic heterocycles. The standard InChI is InChI=1S/C30H34N8O2/c31-22-2-1-11-37(17-22)16-20-7-10-32-26(14-20)29(39)35-23-5-3-21(4-6-23)25-15-24-27(36-25)33-19-34-28(24)38-12-13-40-30(18-38)8-9-30/h3-7,10,14-15,19,22H,1-2,8-9,11-13,16-18,31H2,(H,35,39)(H,33,34,36)/t22-/m1/s1. The molecule has 206 valence electrons. The van der Waals surface area contributed by atoms with E-state index in [0.29, 0.717) is 11.4 Å². The summed E-state index contributed by atoms with van der Waals surface area (Å²) in [7, 11) is 0. The Morgan fingerprint density at radius 1 is 1.12 bits per heavy atom. The van der Waals surface area contributed by atoms with Crippen molar-refractivity contribution in [1.29, 1.82) is 0 Å². The first kappa shape index (κ1) is 25.1. The molecule has 1 aromatic carbocycles. The lowest BCUT2D eigenvalue weighted by Gasteiger charge is -2.34. The van der Waals surface area contributed by atoms with Crippen LogP contribution in [0.5, 0.6) is 0 Å². The average molecular weight is 539 g/mol. The highest BCUT2D eigenvalue weighted by atomic mass is 16.5. The van der Waals surface area contributed by atoms with Gasteiger partial charge in [-0.15, -0.1) is 0 Å². The first-order chi connectivity index (χ1) is 19.5. The number of hydrogen-bond donors (Lipinski definition) is 3. The summed E-state index contributed by atoms with van der Waals surface area (Å²) in [5, 5.41) is 3.99. The van der Waals surface area contributed by atoms with Crippen molar-refractivity contribution in [3.8, 4) is 11.3 Å². The fourth-order valence-corrected chi connectivity index (χ4v) is 5.92. The van der Waals surface area contributed by atoms with Crippen molar-refractivity contribution in [1.82, 2.24) is 24.8 Å². The van der Waals surface area contributed by atoms with E-state index in [1.165, 1.54) is 0 Å². The van der Waals surface area contributed by atoms with E-state index < -0.39 is 0 Å². The molecule has 1 saturated carbocycles. The largest absolute Gasteiger partial charge is 0.371 e. The van der Waals surface area contributed by atoms with Crippen molar-refractivity contribution in [2.45, 2.75) is 43.9 Å². The van der Waals surface area contributed by atoms with Crippen LogP contribution >= 0.6 is 0 Å². The number of pyridine rings is 1. The summed E-state index contributed by atoms with van der Waals surface area (Å²) in [4.78, 5) is 34.5. The molecule has 3 aliphatic rings. The molecule has 40 heavy (non-hydrogen) atoms. The van der Waals surface area contributed by atoms with Gasteiger partial charge in [-0.2, -0.15) is 0 Å². The SMILES string of the molecule is N[C@@H]1CCCN(Cc2ccnc(C(=O)Nc3ccc(-c4cc5c(N6CCOC7(CC7)C6)ncnc5[nH]4)cc3)c2)C1. The lowest BCUT2D eigenvalue weighted by atomic mass is 10.1. The fourth-order valence-electron chi connectivity index (χ4n) is 5.92. The number of nitrogens with two attached hydrogens (primary N) is 1. The number of ether oxygens (including phenoxy) is 1. The van der Waals surface area contributed by atoms with Crippen LogP contribution < -0.4 is 16.0 Å². The Bertz CT molecular complexity index is 1530. The van der Waals surface area contributed by atoms with E-state index in [4.69, 9.17) is 10.5 Å². The average Bonchev–Trinajstić information content (AvgIpc) is 3.55. The normalized spacial score (nSPS) is 20.6. The van der Waals surface area contributed by atoms with Crippen LogP contribution in [0.15, 0.2) is 55.0 Å². The van der Waals surface area contributed by atoms with Gasteiger partial charge in [-0.3, -0.25) is 14.7 Å². The van der Waals surface area contributed by atoms with Crippen molar-refractivity contribution in [2.24, 2.45) is 5.73 Å². The summed E-state index contributed by atoms with van der Waals surface area (Å²) in [6.07, 6.45) is 7.74. The number of amides is 1. The van der Waals surface area contributed by atoms with Crippen LogP contribution in [0, 0.1) is 0 Å². The van der Waals surface area contributed by atoms with Crippen molar-refractivity contribution >= 4 is 28.4 Å². The Morgan fingerprint density at radius 2 is 2.00 bits per heavy atom. The second-order valence-electron chi connectivity index (χ2n) is 11.3. The third kappa shape index (κ3) is 5.17. The minimum Gasteiger partial charge on any atom is -0.371 e. The van der Waals surface area contributed by atoms with Crippen LogP contribution in [0.1, 0.15) is 41.7 Å². The van der Waals surface area contributed by atoms with Crippen LogP contribution in [0.3, 0.4) is 0 Å². The fraction of sp³-hybridized carbons (Fsp3) is 0.400. The Kier molecular flexibility index (Phi) is 6.45. The highest BCUT2D eigenvalue weighted by Crippen LogP contribution is 2.43. The molecule has 0 unspecified atom stereocenters. The maximum Gasteiger partial charge on any atom is 0.274 e. The lowest BCUT2D eigenvalue weighted by Crippen LogP contribution is -2.44. The third-order valence-corrected chi connectivity index (χ3v) is 8.22. The number of fused-ring (bicyclic) bond motifs is 1. The van der Waals surface area contributed by atoms with Crippen molar-refractivity contribution in [3.05, 3.63) is 66.2 Å². The molecule has 4 N–H and O–H groups in total. The highest BCUT2D eigenvalue weighted by molar-refractivity contribution is 6.03. The summed E-state index contributed by atoms with van der Waals surface area (Å²) < 4.78 is 5.99. The smallest absolute Gasteiger partial charge is 0.274 e. The number of carbonyl (C=O) groups is 1. The monoisotopic (exact) mass is 538 g/mol. The number of rotatable bonds is 6. The zero-order valence-electron chi connectivity index (χ0n) is 22.5. The van der Waals surface area contributed by atoms with Crippen LogP contribution in [-0.4, -0.2) is 75.2 Å². The molecule has 3 aromatic heterocycles. The van der Waals surface area contributed by atoms with Crippen LogP contribution in [0.4, 0.5) is 11.5 Å². The van der Waals surface area contributed by atoms with Gasteiger partial charge in [0.25, 0.3) is 5.91 Å². The molecule has 1 aliphatic carbocycles. The molecule has 4 aromatic rings. The molecular weight excluding hydrogens is 504 g/mol. The zero-order valence-corrected chi connectivity index (χ0v) is 22.5. The van der Waals surface area contributed by atoms with Gasteiger partial charge in [-0.05, 0) is 73.7 Å². The molecule has 0 bridgehead atoms. The highest BCUT2D eigenvalue weighted by Gasteiger charge is 2.47. The number of nitrogens with one attached hydrogen (secondary N) is 2. The van der Waals surface area contributed by atoms with Gasteiger partial charge < -0.3 is 25.7 Å². The summed E-state index contributed by atoms with van der Waals surface area (Å²) in [6, 6.07) is 14.0. The number of benzene rings is 1. The lowest BCUT2D eigenvalue weighted by molar-refractivity contribution is 0.0204. The number of aromatic nitrogens is 4. The van der Waals surface area contributed by atoms with E-state index in [-0.39, 0.29) is 17.6 Å². The Hall–Kier alpha value is -3.86.